The molecule has 2 rings (SSSR count). The lowest BCUT2D eigenvalue weighted by Crippen LogP contribution is -2.30. The third kappa shape index (κ3) is 4.17. The van der Waals surface area contributed by atoms with Gasteiger partial charge in [-0.25, -0.2) is 13.6 Å². The minimum absolute atomic E-state index is 0.260. The number of aromatic nitrogens is 1. The van der Waals surface area contributed by atoms with Gasteiger partial charge in [-0.1, -0.05) is 0 Å². The van der Waals surface area contributed by atoms with Crippen molar-refractivity contribution in [1.82, 2.24) is 4.57 Å². The van der Waals surface area contributed by atoms with Gasteiger partial charge in [-0.2, -0.15) is 0 Å². The quantitative estimate of drug-likeness (QED) is 0.779. The number of halogens is 2. The molecular formula is C18H17F2NO4. The fraction of sp³-hybridized carbons (Fsp3) is 0.278. The zero-order valence-electron chi connectivity index (χ0n) is 14.2. The summed E-state index contributed by atoms with van der Waals surface area (Å²) in [7, 11) is 0. The van der Waals surface area contributed by atoms with Gasteiger partial charge in [0.05, 0.1) is 11.1 Å². The van der Waals surface area contributed by atoms with E-state index in [0.29, 0.717) is 6.07 Å². The molecule has 1 heterocycles. The number of carbonyl (C=O) groups is 2. The van der Waals surface area contributed by atoms with Crippen LogP contribution in [0.1, 0.15) is 42.4 Å². The zero-order chi connectivity index (χ0) is 18.9. The molecule has 1 aromatic carbocycles. The van der Waals surface area contributed by atoms with Crippen LogP contribution in [0.2, 0.25) is 0 Å². The van der Waals surface area contributed by atoms with Gasteiger partial charge in [0.1, 0.15) is 17.2 Å². The first-order chi connectivity index (χ1) is 11.5. The number of hydrogen-bond donors (Lipinski definition) is 0. The van der Waals surface area contributed by atoms with Gasteiger partial charge in [-0.3, -0.25) is 14.2 Å². The molecule has 0 fully saturated rings. The van der Waals surface area contributed by atoms with Crippen LogP contribution in [0.4, 0.5) is 13.6 Å². The fourth-order valence-corrected chi connectivity index (χ4v) is 2.13. The molecule has 0 bridgehead atoms. The van der Waals surface area contributed by atoms with Crippen LogP contribution >= 0.6 is 0 Å². The van der Waals surface area contributed by atoms with Crippen LogP contribution < -0.4 is 5.43 Å². The van der Waals surface area contributed by atoms with Crippen molar-refractivity contribution in [3.8, 4) is 0 Å². The molecule has 7 heteroatoms. The third-order valence-electron chi connectivity index (χ3n) is 3.25. The summed E-state index contributed by atoms with van der Waals surface area (Å²) >= 11 is 0. The van der Waals surface area contributed by atoms with Gasteiger partial charge in [-0.15, -0.1) is 0 Å². The molecule has 0 amide bonds. The van der Waals surface area contributed by atoms with Crippen LogP contribution in [0.25, 0.3) is 0 Å². The number of rotatable bonds is 2. The summed E-state index contributed by atoms with van der Waals surface area (Å²) < 4.78 is 33.0. The molecule has 0 saturated heterocycles. The van der Waals surface area contributed by atoms with Crippen LogP contribution in [0.5, 0.6) is 0 Å². The minimum Gasteiger partial charge on any atom is -0.443 e. The van der Waals surface area contributed by atoms with Crippen molar-refractivity contribution in [2.45, 2.75) is 33.3 Å². The average molecular weight is 349 g/mol. The monoisotopic (exact) mass is 349 g/mol. The number of carbonyl (C=O) groups excluding carboxylic acids is 2. The minimum atomic E-state index is -1.09. The van der Waals surface area contributed by atoms with Crippen molar-refractivity contribution in [3.05, 3.63) is 69.1 Å². The molecule has 25 heavy (non-hydrogen) atoms. The van der Waals surface area contributed by atoms with E-state index in [9.17, 15) is 23.2 Å². The Balaban J connectivity index is 2.52. The maximum absolute atomic E-state index is 13.8. The van der Waals surface area contributed by atoms with E-state index in [0.717, 1.165) is 29.0 Å². The van der Waals surface area contributed by atoms with Gasteiger partial charge in [0.25, 0.3) is 0 Å². The molecule has 2 aromatic rings. The Bertz CT molecular complexity index is 910. The van der Waals surface area contributed by atoms with E-state index in [2.05, 4.69) is 0 Å². The molecule has 0 spiro atoms. The highest BCUT2D eigenvalue weighted by Crippen LogP contribution is 2.15. The fourth-order valence-electron chi connectivity index (χ4n) is 2.13. The molecule has 0 aliphatic carbocycles. The molecule has 0 aliphatic heterocycles. The number of benzene rings is 1. The molecule has 0 radical (unpaired) electrons. The Morgan fingerprint density at radius 3 is 2.28 bits per heavy atom. The summed E-state index contributed by atoms with van der Waals surface area (Å²) in [6.07, 6.45) is 0.232. The van der Waals surface area contributed by atoms with E-state index in [1.54, 1.807) is 20.8 Å². The molecule has 5 nitrogen and oxygen atoms in total. The van der Waals surface area contributed by atoms with Gasteiger partial charge in [0, 0.05) is 24.0 Å². The van der Waals surface area contributed by atoms with E-state index >= 15 is 0 Å². The van der Waals surface area contributed by atoms with Crippen molar-refractivity contribution < 1.29 is 23.1 Å². The van der Waals surface area contributed by atoms with Crippen LogP contribution in [0.15, 0.2) is 35.3 Å². The maximum Gasteiger partial charge on any atom is 0.418 e. The normalized spacial score (nSPS) is 11.3. The molecule has 0 N–H and O–H groups in total. The molecule has 0 atom stereocenters. The highest BCUT2D eigenvalue weighted by atomic mass is 19.1. The molecule has 132 valence electrons. The van der Waals surface area contributed by atoms with Gasteiger partial charge in [0.15, 0.2) is 5.43 Å². The summed E-state index contributed by atoms with van der Waals surface area (Å²) in [5.41, 5.74) is -2.07. The number of ketones is 1. The topological polar surface area (TPSA) is 65.4 Å². The molecule has 0 unspecified atom stereocenters. The van der Waals surface area contributed by atoms with Gasteiger partial charge in [0.2, 0.25) is 5.78 Å². The second kappa shape index (κ2) is 6.58. The van der Waals surface area contributed by atoms with Crippen LogP contribution in [-0.4, -0.2) is 22.0 Å². The first kappa shape index (κ1) is 18.5. The second-order valence-electron chi connectivity index (χ2n) is 6.50. The Morgan fingerprint density at radius 2 is 1.72 bits per heavy atom. The first-order valence-electron chi connectivity index (χ1n) is 7.46. The van der Waals surface area contributed by atoms with Crippen molar-refractivity contribution >= 4 is 11.9 Å². The van der Waals surface area contributed by atoms with E-state index in [1.165, 1.54) is 6.92 Å². The molecular weight excluding hydrogens is 332 g/mol. The number of aryl methyl sites for hydroxylation is 1. The standard InChI is InChI=1S/C18H17F2NO4/c1-10-7-15(22)13(9-21(10)17(24)25-18(2,3)4)16(23)12-6-5-11(19)8-14(12)20/h5-9H,1-4H3. The molecule has 0 aliphatic rings. The van der Waals surface area contributed by atoms with Gasteiger partial charge >= 0.3 is 6.09 Å². The number of pyridine rings is 1. The molecule has 1 aromatic heterocycles. The Hall–Kier alpha value is -2.83. The summed E-state index contributed by atoms with van der Waals surface area (Å²) in [4.78, 5) is 36.8. The lowest BCUT2D eigenvalue weighted by molar-refractivity contribution is 0.0532. The van der Waals surface area contributed by atoms with Gasteiger partial charge < -0.3 is 4.74 Å². The van der Waals surface area contributed by atoms with Crippen LogP contribution in [-0.2, 0) is 4.74 Å². The lowest BCUT2D eigenvalue weighted by Gasteiger charge is -2.21. The SMILES string of the molecule is Cc1cc(=O)c(C(=O)c2ccc(F)cc2F)cn1C(=O)OC(C)(C)C. The smallest absolute Gasteiger partial charge is 0.418 e. The van der Waals surface area contributed by atoms with E-state index in [4.69, 9.17) is 4.74 Å². The van der Waals surface area contributed by atoms with E-state index in [-0.39, 0.29) is 5.69 Å². The lowest BCUT2D eigenvalue weighted by atomic mass is 10.0. The highest BCUT2D eigenvalue weighted by Gasteiger charge is 2.23. The maximum atomic E-state index is 13.8. The van der Waals surface area contributed by atoms with Crippen LogP contribution in [0, 0.1) is 18.6 Å². The van der Waals surface area contributed by atoms with E-state index < -0.39 is 45.7 Å². The third-order valence-corrected chi connectivity index (χ3v) is 3.25. The zero-order valence-corrected chi connectivity index (χ0v) is 14.2. The predicted molar refractivity (Wildman–Crippen MR) is 86.9 cm³/mol. The number of nitrogens with zero attached hydrogens (tertiary/aromatic N) is 1. The van der Waals surface area contributed by atoms with Gasteiger partial charge in [-0.05, 0) is 39.8 Å². The first-order valence-corrected chi connectivity index (χ1v) is 7.46. The second-order valence-corrected chi connectivity index (χ2v) is 6.50. The van der Waals surface area contributed by atoms with Crippen molar-refractivity contribution in [2.24, 2.45) is 0 Å². The summed E-state index contributed by atoms with van der Waals surface area (Å²) in [5.74, 6) is -2.88. The summed E-state index contributed by atoms with van der Waals surface area (Å²) in [5, 5.41) is 0. The summed E-state index contributed by atoms with van der Waals surface area (Å²) in [6.45, 7) is 6.51. The summed E-state index contributed by atoms with van der Waals surface area (Å²) in [6, 6.07) is 3.49. The molecule has 0 saturated carbocycles. The van der Waals surface area contributed by atoms with E-state index in [1.807, 2.05) is 0 Å². The largest absolute Gasteiger partial charge is 0.443 e. The van der Waals surface area contributed by atoms with Crippen molar-refractivity contribution in [3.63, 3.8) is 0 Å². The Morgan fingerprint density at radius 1 is 1.08 bits per heavy atom. The van der Waals surface area contributed by atoms with Crippen LogP contribution in [0.3, 0.4) is 0 Å². The average Bonchev–Trinajstić information content (AvgIpc) is 2.44. The Kier molecular flexibility index (Phi) is 4.87. The predicted octanol–water partition coefficient (Wildman–Crippen LogP) is 3.45. The van der Waals surface area contributed by atoms with Crippen molar-refractivity contribution in [1.29, 1.82) is 0 Å². The Labute approximate surface area is 142 Å². The highest BCUT2D eigenvalue weighted by molar-refractivity contribution is 6.09. The van der Waals surface area contributed by atoms with Crippen molar-refractivity contribution in [2.75, 3.05) is 0 Å². The number of ether oxygens (including phenoxy) is 1. The number of hydrogen-bond acceptors (Lipinski definition) is 4.